The van der Waals surface area contributed by atoms with E-state index in [1.54, 1.807) is 0 Å². The molecule has 0 radical (unpaired) electrons. The first-order valence-corrected chi connectivity index (χ1v) is 4.24. The summed E-state index contributed by atoms with van der Waals surface area (Å²) in [5.41, 5.74) is 0. The molecule has 0 saturated carbocycles. The largest absolute Gasteiger partial charge is 1.00 e. The minimum atomic E-state index is -3.70. The fourth-order valence-corrected chi connectivity index (χ4v) is 1.16. The molecule has 4 nitrogen and oxygen atoms in total. The summed E-state index contributed by atoms with van der Waals surface area (Å²) >= 11 is 0. The van der Waals surface area contributed by atoms with Crippen LogP contribution in [0.1, 0.15) is 0 Å². The fourth-order valence-electron chi connectivity index (χ4n) is 0.403. The minimum absolute atomic E-state index is 0. The molecule has 0 N–H and O–H groups in total. The number of hydrogen-bond acceptors (Lipinski definition) is 4. The van der Waals surface area contributed by atoms with Gasteiger partial charge < -0.3 is 0 Å². The molecule has 58 valence electrons. The summed E-state index contributed by atoms with van der Waals surface area (Å²) in [6, 6.07) is 2.59. The molecule has 6 heteroatoms. The Bertz CT molecular complexity index is 308. The molecule has 0 atom stereocenters. The normalized spacial score (nSPS) is 8.50. The summed E-state index contributed by atoms with van der Waals surface area (Å²) in [6.07, 6.45) is 1.13. The second kappa shape index (κ2) is 6.67. The second-order valence-electron chi connectivity index (χ2n) is 1.62. The van der Waals surface area contributed by atoms with E-state index in [9.17, 15) is 8.42 Å². The van der Waals surface area contributed by atoms with Crippen molar-refractivity contribution in [3.8, 4) is 12.1 Å². The van der Waals surface area contributed by atoms with Crippen LogP contribution in [0.25, 0.3) is 0 Å². The van der Waals surface area contributed by atoms with E-state index in [-0.39, 0.29) is 57.1 Å². The van der Waals surface area contributed by atoms with Gasteiger partial charge in [-0.2, -0.15) is 0 Å². The summed E-state index contributed by atoms with van der Waals surface area (Å²) in [7, 11) is -3.70. The van der Waals surface area contributed by atoms with Crippen LogP contribution in [0, 0.1) is 27.9 Å². The monoisotopic (exact) mass is 208 g/mol. The zero-order valence-electron chi connectivity index (χ0n) is 6.61. The third-order valence-electron chi connectivity index (χ3n) is 0.851. The van der Waals surface area contributed by atoms with Gasteiger partial charge in [-0.05, 0) is 0 Å². The van der Waals surface area contributed by atoms with Crippen LogP contribution in [-0.2, 0) is 9.84 Å². The topological polar surface area (TPSA) is 81.7 Å². The Kier molecular flexibility index (Phi) is 8.16. The summed E-state index contributed by atoms with van der Waals surface area (Å²) in [4.78, 5) is 0. The SMILES string of the molecule is C=CCS(=O)(=O)[C-](C#N)C#N.[K+]. The first kappa shape index (κ1) is 14.7. The van der Waals surface area contributed by atoms with Gasteiger partial charge in [0.15, 0.2) is 0 Å². The van der Waals surface area contributed by atoms with Crippen molar-refractivity contribution in [2.75, 3.05) is 5.75 Å². The van der Waals surface area contributed by atoms with Crippen LogP contribution in [-0.4, -0.2) is 14.2 Å². The van der Waals surface area contributed by atoms with Gasteiger partial charge in [-0.1, -0.05) is 23.5 Å². The quantitative estimate of drug-likeness (QED) is 0.284. The van der Waals surface area contributed by atoms with Crippen LogP contribution >= 0.6 is 0 Å². The molecule has 0 aromatic heterocycles. The average Bonchev–Trinajstić information content (AvgIpc) is 1.89. The van der Waals surface area contributed by atoms with Crippen LogP contribution in [0.3, 0.4) is 0 Å². The summed E-state index contributed by atoms with van der Waals surface area (Å²) in [6.45, 7) is 3.19. The Hall–Kier alpha value is 0.176. The van der Waals surface area contributed by atoms with Gasteiger partial charge in [0.2, 0.25) is 0 Å². The number of nitriles is 2. The van der Waals surface area contributed by atoms with Gasteiger partial charge in [-0.15, -0.1) is 6.58 Å². The third-order valence-corrected chi connectivity index (χ3v) is 2.33. The van der Waals surface area contributed by atoms with Gasteiger partial charge >= 0.3 is 51.4 Å². The van der Waals surface area contributed by atoms with Gasteiger partial charge in [-0.25, -0.2) is 10.5 Å². The fraction of sp³-hybridized carbons (Fsp3) is 0.167. The van der Waals surface area contributed by atoms with Crippen molar-refractivity contribution >= 4 is 9.84 Å². The Balaban J connectivity index is 0. The van der Waals surface area contributed by atoms with E-state index in [0.29, 0.717) is 0 Å². The predicted octanol–water partition coefficient (Wildman–Crippen LogP) is -2.83. The minimum Gasteiger partial charge on any atom is -0.257 e. The zero-order chi connectivity index (χ0) is 8.91. The molecule has 0 fully saturated rings. The Morgan fingerprint density at radius 2 is 1.83 bits per heavy atom. The average molecular weight is 208 g/mol. The van der Waals surface area contributed by atoms with Crippen molar-refractivity contribution in [3.63, 3.8) is 0 Å². The van der Waals surface area contributed by atoms with Crippen molar-refractivity contribution in [3.05, 3.63) is 17.9 Å². The number of nitrogens with zero attached hydrogens (tertiary/aromatic N) is 2. The van der Waals surface area contributed by atoms with Crippen LogP contribution < -0.4 is 51.4 Å². The molecular weight excluding hydrogens is 203 g/mol. The van der Waals surface area contributed by atoms with Gasteiger partial charge in [0.1, 0.15) is 0 Å². The van der Waals surface area contributed by atoms with Crippen molar-refractivity contribution in [2.45, 2.75) is 0 Å². The van der Waals surface area contributed by atoms with Crippen LogP contribution in [0.4, 0.5) is 0 Å². The molecule has 0 bridgehead atoms. The molecule has 0 saturated heterocycles. The first-order chi connectivity index (χ1) is 5.08. The summed E-state index contributed by atoms with van der Waals surface area (Å²) in [5, 5.41) is 15.6. The molecule has 0 amide bonds. The molecule has 0 aromatic rings. The van der Waals surface area contributed by atoms with Gasteiger partial charge in [0.05, 0.1) is 9.84 Å². The molecule has 12 heavy (non-hydrogen) atoms. The number of rotatable bonds is 3. The molecular formula is C6H5KN2O2S. The third kappa shape index (κ3) is 4.26. The van der Waals surface area contributed by atoms with Crippen molar-refractivity contribution < 1.29 is 59.8 Å². The van der Waals surface area contributed by atoms with Crippen molar-refractivity contribution in [2.24, 2.45) is 0 Å². The van der Waals surface area contributed by atoms with E-state index in [0.717, 1.165) is 6.08 Å². The summed E-state index contributed by atoms with van der Waals surface area (Å²) < 4.78 is 21.7. The van der Waals surface area contributed by atoms with Gasteiger partial charge in [0, 0.05) is 5.75 Å². The predicted molar refractivity (Wildman–Crippen MR) is 38.5 cm³/mol. The molecule has 0 aliphatic heterocycles. The second-order valence-corrected chi connectivity index (χ2v) is 3.59. The standard InChI is InChI=1S/C6H5N2O2S.K/c1-2-3-11(9,10)6(4-7)5-8;/h2H,1,3H2;/q-1;+1. The Morgan fingerprint density at radius 3 is 2.08 bits per heavy atom. The van der Waals surface area contributed by atoms with E-state index < -0.39 is 15.1 Å². The molecule has 0 spiro atoms. The van der Waals surface area contributed by atoms with E-state index in [1.165, 1.54) is 12.1 Å². The maximum absolute atomic E-state index is 10.8. The molecule has 0 aliphatic rings. The number of hydrogen-bond donors (Lipinski definition) is 0. The first-order valence-electron chi connectivity index (χ1n) is 2.59. The van der Waals surface area contributed by atoms with Crippen LogP contribution in [0.5, 0.6) is 0 Å². The maximum atomic E-state index is 10.8. The van der Waals surface area contributed by atoms with Gasteiger partial charge in [-0.3, -0.25) is 8.42 Å². The van der Waals surface area contributed by atoms with Crippen molar-refractivity contribution in [1.82, 2.24) is 0 Å². The van der Waals surface area contributed by atoms with Crippen LogP contribution in [0.15, 0.2) is 12.7 Å². The van der Waals surface area contributed by atoms with Crippen LogP contribution in [0.2, 0.25) is 0 Å². The zero-order valence-corrected chi connectivity index (χ0v) is 10.6. The van der Waals surface area contributed by atoms with E-state index >= 15 is 0 Å². The van der Waals surface area contributed by atoms with E-state index in [2.05, 4.69) is 6.58 Å². The number of sulfone groups is 1. The Morgan fingerprint density at radius 1 is 1.42 bits per heavy atom. The van der Waals surface area contributed by atoms with E-state index in [1.807, 2.05) is 0 Å². The molecule has 0 heterocycles. The van der Waals surface area contributed by atoms with Crippen molar-refractivity contribution in [1.29, 1.82) is 10.5 Å². The molecule has 0 unspecified atom stereocenters. The molecule has 0 rings (SSSR count). The molecule has 0 aliphatic carbocycles. The van der Waals surface area contributed by atoms with Gasteiger partial charge in [0.25, 0.3) is 0 Å². The Labute approximate surface area is 114 Å². The van der Waals surface area contributed by atoms with E-state index in [4.69, 9.17) is 10.5 Å². The molecule has 0 aromatic carbocycles. The maximum Gasteiger partial charge on any atom is 1.00 e. The smallest absolute Gasteiger partial charge is 0.257 e. The summed E-state index contributed by atoms with van der Waals surface area (Å²) in [5.74, 6) is -0.372.